The van der Waals surface area contributed by atoms with E-state index >= 15 is 0 Å². The third kappa shape index (κ3) is 3.63. The number of nitrogens with one attached hydrogen (secondary N) is 1. The molecule has 0 bridgehead atoms. The fourth-order valence-electron chi connectivity index (χ4n) is 9.38. The minimum Gasteiger partial charge on any atom is -0.391 e. The molecule has 1 saturated heterocycles. The molecule has 2 saturated carbocycles. The molecule has 33 heavy (non-hydrogen) atoms. The zero-order chi connectivity index (χ0) is 23.8. The van der Waals surface area contributed by atoms with Crippen LogP contribution in [-0.2, 0) is 4.79 Å². The maximum Gasteiger partial charge on any atom is 0.155 e. The number of hydrogen-bond acceptors (Lipinski definition) is 3. The van der Waals surface area contributed by atoms with Gasteiger partial charge in [-0.25, -0.2) is 0 Å². The van der Waals surface area contributed by atoms with Crippen LogP contribution in [0.1, 0.15) is 99.3 Å². The Hall–Kier alpha value is -0.930. The Kier molecular flexibility index (Phi) is 5.81. The van der Waals surface area contributed by atoms with Crippen molar-refractivity contribution in [3.8, 4) is 0 Å². The van der Waals surface area contributed by atoms with E-state index in [2.05, 4.69) is 46.9 Å². The number of allylic oxidation sites excluding steroid dienone is 4. The largest absolute Gasteiger partial charge is 0.391 e. The minimum atomic E-state index is -0.226. The Morgan fingerprint density at radius 1 is 1.15 bits per heavy atom. The number of aliphatic hydroxyl groups is 1. The molecule has 1 aliphatic heterocycles. The summed E-state index contributed by atoms with van der Waals surface area (Å²) in [6, 6.07) is 0.214. The summed E-state index contributed by atoms with van der Waals surface area (Å²) in [6.45, 7) is 15.7. The first-order valence-corrected chi connectivity index (χ1v) is 13.8. The number of rotatable bonds is 2. The van der Waals surface area contributed by atoms with Gasteiger partial charge in [0.1, 0.15) is 0 Å². The van der Waals surface area contributed by atoms with Gasteiger partial charge in [0.2, 0.25) is 0 Å². The molecular formula is C30H47NO2. The molecule has 5 aliphatic rings. The summed E-state index contributed by atoms with van der Waals surface area (Å²) in [6.07, 6.45) is 11.8. The summed E-state index contributed by atoms with van der Waals surface area (Å²) in [7, 11) is 0. The summed E-state index contributed by atoms with van der Waals surface area (Å²) in [5.74, 6) is 2.74. The predicted octanol–water partition coefficient (Wildman–Crippen LogP) is 6.22. The average molecular weight is 454 g/mol. The van der Waals surface area contributed by atoms with Crippen molar-refractivity contribution in [1.82, 2.24) is 5.32 Å². The SMILES string of the molecule is CC1=C2C[C@H]3[C@@](C)(CCC4=CC(=O)CC[C@@]43C)[C@@H]2CC[C@@](C)([C@H](C)[C@@H]2NC[C@@H](C)C[C@H]2O)C1. The van der Waals surface area contributed by atoms with E-state index in [0.717, 1.165) is 32.2 Å². The molecule has 2 N–H and O–H groups in total. The van der Waals surface area contributed by atoms with Crippen molar-refractivity contribution in [3.63, 3.8) is 0 Å². The fraction of sp³-hybridized carbons (Fsp3) is 0.833. The second-order valence-corrected chi connectivity index (χ2v) is 13.7. The van der Waals surface area contributed by atoms with Crippen molar-refractivity contribution in [3.05, 3.63) is 22.8 Å². The maximum absolute atomic E-state index is 12.2. The molecule has 184 valence electrons. The summed E-state index contributed by atoms with van der Waals surface area (Å²) < 4.78 is 0. The van der Waals surface area contributed by atoms with Crippen LogP contribution in [0.15, 0.2) is 22.8 Å². The van der Waals surface area contributed by atoms with Crippen molar-refractivity contribution in [2.45, 2.75) is 111 Å². The highest BCUT2D eigenvalue weighted by molar-refractivity contribution is 5.91. The molecule has 0 aromatic heterocycles. The van der Waals surface area contributed by atoms with E-state index in [-0.39, 0.29) is 23.0 Å². The van der Waals surface area contributed by atoms with Crippen LogP contribution in [0, 0.1) is 39.9 Å². The van der Waals surface area contributed by atoms with Gasteiger partial charge < -0.3 is 10.4 Å². The topological polar surface area (TPSA) is 49.3 Å². The van der Waals surface area contributed by atoms with Gasteiger partial charge in [-0.05, 0) is 111 Å². The number of carbonyl (C=O) groups excluding carboxylic acids is 1. The zero-order valence-corrected chi connectivity index (χ0v) is 22.0. The molecule has 4 aliphatic carbocycles. The van der Waals surface area contributed by atoms with Gasteiger partial charge in [-0.3, -0.25) is 4.79 Å². The van der Waals surface area contributed by atoms with Crippen LogP contribution in [0.3, 0.4) is 0 Å². The molecule has 9 atom stereocenters. The molecule has 5 rings (SSSR count). The Morgan fingerprint density at radius 3 is 2.64 bits per heavy atom. The van der Waals surface area contributed by atoms with Crippen LogP contribution in [0.2, 0.25) is 0 Å². The molecule has 3 heteroatoms. The van der Waals surface area contributed by atoms with Crippen LogP contribution < -0.4 is 5.32 Å². The van der Waals surface area contributed by atoms with E-state index in [1.807, 2.05) is 6.08 Å². The molecule has 0 aromatic rings. The second kappa shape index (κ2) is 8.05. The van der Waals surface area contributed by atoms with Crippen molar-refractivity contribution in [2.24, 2.45) is 39.9 Å². The average Bonchev–Trinajstić information content (AvgIpc) is 2.99. The molecule has 0 radical (unpaired) electrons. The van der Waals surface area contributed by atoms with Gasteiger partial charge >= 0.3 is 0 Å². The lowest BCUT2D eigenvalue weighted by Gasteiger charge is -2.54. The first kappa shape index (κ1) is 23.8. The molecular weight excluding hydrogens is 406 g/mol. The monoisotopic (exact) mass is 453 g/mol. The standard InChI is InChI=1S/C30H47NO2/c1-18-13-25(33)27(31-17-18)20(3)28(4)10-9-24-23(19(2)16-28)15-26-29(5)12-8-22(32)14-21(29)7-11-30(24,26)6/h14,18,20,24-27,31,33H,7-13,15-17H2,1-6H3/t18-,20+,24+,25+,26+,27-,28+,29-,30-/m0/s1. The fourth-order valence-corrected chi connectivity index (χ4v) is 9.38. The van der Waals surface area contributed by atoms with Gasteiger partial charge in [0, 0.05) is 12.5 Å². The number of carbonyl (C=O) groups is 1. The van der Waals surface area contributed by atoms with E-state index in [1.54, 1.807) is 11.1 Å². The van der Waals surface area contributed by atoms with Crippen molar-refractivity contribution < 1.29 is 9.90 Å². The first-order chi connectivity index (χ1) is 15.5. The predicted molar refractivity (Wildman–Crippen MR) is 135 cm³/mol. The van der Waals surface area contributed by atoms with Gasteiger partial charge in [-0.15, -0.1) is 0 Å². The minimum absolute atomic E-state index is 0.212. The smallest absolute Gasteiger partial charge is 0.155 e. The van der Waals surface area contributed by atoms with Crippen molar-refractivity contribution in [2.75, 3.05) is 6.54 Å². The van der Waals surface area contributed by atoms with E-state index in [9.17, 15) is 9.90 Å². The van der Waals surface area contributed by atoms with Crippen LogP contribution in [0.25, 0.3) is 0 Å². The Balaban J connectivity index is 1.43. The van der Waals surface area contributed by atoms with Crippen molar-refractivity contribution >= 4 is 5.78 Å². The van der Waals surface area contributed by atoms with Gasteiger partial charge in [-0.1, -0.05) is 51.3 Å². The maximum atomic E-state index is 12.2. The van der Waals surface area contributed by atoms with Crippen molar-refractivity contribution in [1.29, 1.82) is 0 Å². The van der Waals surface area contributed by atoms with Gasteiger partial charge in [0.15, 0.2) is 5.78 Å². The summed E-state index contributed by atoms with van der Waals surface area (Å²) >= 11 is 0. The van der Waals surface area contributed by atoms with Crippen LogP contribution >= 0.6 is 0 Å². The molecule has 3 nitrogen and oxygen atoms in total. The highest BCUT2D eigenvalue weighted by atomic mass is 16.3. The molecule has 3 fully saturated rings. The molecule has 0 aromatic carbocycles. The van der Waals surface area contributed by atoms with Gasteiger partial charge in [0.25, 0.3) is 0 Å². The third-order valence-corrected chi connectivity index (χ3v) is 11.7. The number of ketones is 1. The van der Waals surface area contributed by atoms with Crippen LogP contribution in [0.5, 0.6) is 0 Å². The zero-order valence-electron chi connectivity index (χ0n) is 22.0. The van der Waals surface area contributed by atoms with Gasteiger partial charge in [0.05, 0.1) is 6.10 Å². The number of aliphatic hydroxyl groups excluding tert-OH is 1. The first-order valence-electron chi connectivity index (χ1n) is 13.8. The third-order valence-electron chi connectivity index (χ3n) is 11.7. The quantitative estimate of drug-likeness (QED) is 0.488. The lowest BCUT2D eigenvalue weighted by atomic mass is 9.50. The van der Waals surface area contributed by atoms with Crippen LogP contribution in [-0.4, -0.2) is 29.6 Å². The highest BCUT2D eigenvalue weighted by Gasteiger charge is 2.60. The second-order valence-electron chi connectivity index (χ2n) is 13.7. The summed E-state index contributed by atoms with van der Waals surface area (Å²) in [4.78, 5) is 12.2. The Bertz CT molecular complexity index is 888. The van der Waals surface area contributed by atoms with E-state index in [0.29, 0.717) is 34.9 Å². The number of fused-ring (bicyclic) bond motifs is 5. The highest BCUT2D eigenvalue weighted by Crippen LogP contribution is 2.69. The van der Waals surface area contributed by atoms with Crippen LogP contribution in [0.4, 0.5) is 0 Å². The number of piperidine rings is 1. The normalized spacial score (nSPS) is 49.0. The lowest BCUT2D eigenvalue weighted by Crippen LogP contribution is -2.55. The number of hydrogen-bond donors (Lipinski definition) is 2. The van der Waals surface area contributed by atoms with E-state index in [4.69, 9.17) is 0 Å². The Morgan fingerprint density at radius 2 is 1.91 bits per heavy atom. The van der Waals surface area contributed by atoms with E-state index < -0.39 is 0 Å². The molecule has 1 heterocycles. The molecule has 0 unspecified atom stereocenters. The summed E-state index contributed by atoms with van der Waals surface area (Å²) in [5.41, 5.74) is 5.67. The molecule has 0 spiro atoms. The Labute approximate surface area is 201 Å². The molecule has 0 amide bonds. The van der Waals surface area contributed by atoms with Gasteiger partial charge in [-0.2, -0.15) is 0 Å². The summed E-state index contributed by atoms with van der Waals surface area (Å²) in [5, 5.41) is 14.6. The van der Waals surface area contributed by atoms with E-state index in [1.165, 1.54) is 37.7 Å². The lowest BCUT2D eigenvalue weighted by molar-refractivity contribution is -0.116.